The summed E-state index contributed by atoms with van der Waals surface area (Å²) in [5.74, 6) is 0.0631. The van der Waals surface area contributed by atoms with Gasteiger partial charge in [0.2, 0.25) is 10.0 Å². The molecule has 0 radical (unpaired) electrons. The smallest absolute Gasteiger partial charge is 0.256 e. The van der Waals surface area contributed by atoms with Gasteiger partial charge >= 0.3 is 0 Å². The van der Waals surface area contributed by atoms with Crippen LogP contribution in [0.15, 0.2) is 36.0 Å². The highest BCUT2D eigenvalue weighted by atomic mass is 32.2. The van der Waals surface area contributed by atoms with Crippen molar-refractivity contribution in [3.8, 4) is 10.6 Å². The van der Waals surface area contributed by atoms with Gasteiger partial charge in [0, 0.05) is 37.3 Å². The van der Waals surface area contributed by atoms with Crippen LogP contribution in [0.5, 0.6) is 0 Å². The number of carbonyl (C=O) groups excluding carboxylic acids is 1. The highest BCUT2D eigenvalue weighted by Gasteiger charge is 2.78. The number of thiazole rings is 2. The summed E-state index contributed by atoms with van der Waals surface area (Å²) < 4.78 is 40.4. The van der Waals surface area contributed by atoms with Gasteiger partial charge in [-0.15, -0.1) is 22.7 Å². The number of fused-ring (bicyclic) bond motifs is 1. The zero-order valence-electron chi connectivity index (χ0n) is 23.7. The molecule has 0 unspecified atom stereocenters. The minimum Gasteiger partial charge on any atom is -0.350 e. The number of sulfonamides is 1. The third kappa shape index (κ3) is 5.12. The van der Waals surface area contributed by atoms with E-state index in [9.17, 15) is 13.2 Å². The second-order valence-electron chi connectivity index (χ2n) is 11.5. The molecule has 0 aromatic carbocycles. The van der Waals surface area contributed by atoms with Crippen molar-refractivity contribution in [1.82, 2.24) is 24.8 Å². The first-order chi connectivity index (χ1) is 20.5. The summed E-state index contributed by atoms with van der Waals surface area (Å²) in [5.41, 5.74) is 2.09. The van der Waals surface area contributed by atoms with Gasteiger partial charge < -0.3 is 15.1 Å². The lowest BCUT2D eigenvalue weighted by molar-refractivity contribution is 0.0591. The van der Waals surface area contributed by atoms with E-state index in [0.717, 1.165) is 52.9 Å². The van der Waals surface area contributed by atoms with E-state index in [2.05, 4.69) is 30.0 Å². The molecule has 2 N–H and O–H groups in total. The first-order valence-electron chi connectivity index (χ1n) is 13.8. The van der Waals surface area contributed by atoms with Gasteiger partial charge in [0.25, 0.3) is 5.91 Å². The molecule has 3 fully saturated rings. The van der Waals surface area contributed by atoms with E-state index < -0.39 is 15.8 Å². The predicted molar refractivity (Wildman–Crippen MR) is 165 cm³/mol. The van der Waals surface area contributed by atoms with Crippen LogP contribution in [-0.4, -0.2) is 70.6 Å². The lowest BCUT2D eigenvalue weighted by atomic mass is 10.0. The largest absolute Gasteiger partial charge is 0.350 e. The normalized spacial score (nSPS) is 20.5. The van der Waals surface area contributed by atoms with Crippen LogP contribution < -0.4 is 14.9 Å². The van der Waals surface area contributed by atoms with E-state index in [1.807, 2.05) is 29.0 Å². The second kappa shape index (κ2) is 9.92. The Morgan fingerprint density at radius 3 is 2.56 bits per heavy atom. The summed E-state index contributed by atoms with van der Waals surface area (Å²) in [4.78, 5) is 36.6. The second-order valence-corrected chi connectivity index (χ2v) is 15.3. The van der Waals surface area contributed by atoms with Crippen LogP contribution in [0.1, 0.15) is 40.3 Å². The van der Waals surface area contributed by atoms with Crippen LogP contribution in [0.4, 0.5) is 26.8 Å². The number of aromatic nitrogens is 4. The number of halogens is 1. The maximum Gasteiger partial charge on any atom is 0.256 e. The number of nitrogens with zero attached hydrogens (tertiary/aromatic N) is 6. The molecule has 1 amide bonds. The maximum atomic E-state index is 15.1. The summed E-state index contributed by atoms with van der Waals surface area (Å²) >= 11 is 3.10. The van der Waals surface area contributed by atoms with E-state index in [-0.39, 0.29) is 28.4 Å². The summed E-state index contributed by atoms with van der Waals surface area (Å²) in [6.07, 6.45) is 6.86. The van der Waals surface area contributed by atoms with Gasteiger partial charge in [-0.2, -0.15) is 0 Å². The van der Waals surface area contributed by atoms with E-state index >= 15 is 4.39 Å². The van der Waals surface area contributed by atoms with Crippen molar-refractivity contribution < 1.29 is 17.6 Å². The van der Waals surface area contributed by atoms with Crippen molar-refractivity contribution in [3.05, 3.63) is 58.1 Å². The molecule has 1 atom stereocenters. The molecular formula is C28H29FN8O3S3. The van der Waals surface area contributed by atoms with Crippen LogP contribution in [-0.2, 0) is 10.0 Å². The number of piperazine rings is 1. The molecule has 1 saturated heterocycles. The van der Waals surface area contributed by atoms with E-state index in [0.29, 0.717) is 36.1 Å². The lowest BCUT2D eigenvalue weighted by Crippen LogP contribution is -2.58. The predicted octanol–water partition coefficient (Wildman–Crippen LogP) is 4.81. The molecule has 3 aliphatic rings. The SMILES string of the molecule is Cc1nc(C)c(-c2csc(Nc3ccc(C(=O)N4CCN(c5ncc(NS(C)(=O)=O)cc5F)C[C@]45CC54CC4)cn3)n2)s1. The van der Waals surface area contributed by atoms with Crippen LogP contribution in [0.3, 0.4) is 0 Å². The first kappa shape index (κ1) is 28.1. The Hall–Kier alpha value is -3.69. The van der Waals surface area contributed by atoms with Gasteiger partial charge in [0.1, 0.15) is 5.82 Å². The average Bonchev–Trinajstić information content (AvgIpc) is 3.72. The topological polar surface area (TPSA) is 133 Å². The van der Waals surface area contributed by atoms with Crippen molar-refractivity contribution in [2.24, 2.45) is 5.41 Å². The van der Waals surface area contributed by atoms with Crippen LogP contribution in [0, 0.1) is 25.1 Å². The number of rotatable bonds is 7. The van der Waals surface area contributed by atoms with E-state index in [1.165, 1.54) is 17.5 Å². The van der Waals surface area contributed by atoms with Crippen LogP contribution in [0.25, 0.3) is 10.6 Å². The maximum absolute atomic E-state index is 15.1. The highest BCUT2D eigenvalue weighted by Crippen LogP contribution is 2.76. The van der Waals surface area contributed by atoms with Crippen LogP contribution >= 0.6 is 22.7 Å². The molecule has 1 aliphatic heterocycles. The van der Waals surface area contributed by atoms with E-state index in [1.54, 1.807) is 29.7 Å². The summed E-state index contributed by atoms with van der Waals surface area (Å²) in [5, 5.41) is 6.93. The molecule has 11 nitrogen and oxygen atoms in total. The molecular weight excluding hydrogens is 612 g/mol. The number of amides is 1. The van der Waals surface area contributed by atoms with Gasteiger partial charge in [-0.1, -0.05) is 0 Å². The zero-order valence-corrected chi connectivity index (χ0v) is 26.2. The number of pyridine rings is 2. The lowest BCUT2D eigenvalue weighted by Gasteiger charge is -2.43. The molecule has 2 saturated carbocycles. The van der Waals surface area contributed by atoms with Gasteiger partial charge in [-0.25, -0.2) is 32.7 Å². The van der Waals surface area contributed by atoms with Gasteiger partial charge in [0.05, 0.1) is 50.5 Å². The monoisotopic (exact) mass is 640 g/mol. The number of hydrogen-bond donors (Lipinski definition) is 2. The minimum absolute atomic E-state index is 0.0715. The Morgan fingerprint density at radius 1 is 1.12 bits per heavy atom. The molecule has 15 heteroatoms. The number of aryl methyl sites for hydroxylation is 2. The van der Waals surface area contributed by atoms with Gasteiger partial charge in [-0.05, 0) is 50.7 Å². The number of anilines is 4. The number of hydrogen-bond acceptors (Lipinski definition) is 11. The summed E-state index contributed by atoms with van der Waals surface area (Å²) in [7, 11) is -3.55. The number of carbonyl (C=O) groups is 1. The first-order valence-corrected chi connectivity index (χ1v) is 17.4. The van der Waals surface area contributed by atoms with Crippen molar-refractivity contribution in [3.63, 3.8) is 0 Å². The molecule has 43 heavy (non-hydrogen) atoms. The highest BCUT2D eigenvalue weighted by molar-refractivity contribution is 7.92. The number of nitrogens with one attached hydrogen (secondary N) is 2. The molecule has 5 heterocycles. The van der Waals surface area contributed by atoms with Gasteiger partial charge in [-0.3, -0.25) is 9.52 Å². The molecule has 224 valence electrons. The van der Waals surface area contributed by atoms with Crippen molar-refractivity contribution in [2.45, 2.75) is 38.6 Å². The minimum atomic E-state index is -3.55. The summed E-state index contributed by atoms with van der Waals surface area (Å²) in [6, 6.07) is 4.70. The molecule has 2 aliphatic carbocycles. The quantitative estimate of drug-likeness (QED) is 0.292. The van der Waals surface area contributed by atoms with Crippen molar-refractivity contribution in [1.29, 1.82) is 0 Å². The molecule has 0 bridgehead atoms. The third-order valence-corrected chi connectivity index (χ3v) is 10.9. The Morgan fingerprint density at radius 2 is 1.93 bits per heavy atom. The fourth-order valence-electron chi connectivity index (χ4n) is 6.30. The molecule has 2 spiro atoms. The zero-order chi connectivity index (χ0) is 30.1. The fraction of sp³-hybridized carbons (Fsp3) is 0.393. The van der Waals surface area contributed by atoms with E-state index in [4.69, 9.17) is 0 Å². The molecule has 4 aromatic heterocycles. The fourth-order valence-corrected chi connectivity index (χ4v) is 8.51. The summed E-state index contributed by atoms with van der Waals surface area (Å²) in [6.45, 7) is 5.26. The third-order valence-electron chi connectivity index (χ3n) is 8.46. The standard InChI is InChI=1S/C28H29FN8O3S3/c1-16-23(42-17(2)32-16)21-13-41-26(33-21)34-22-5-4-18(11-30-22)25(38)37-9-8-36(15-28(37)14-27(28)6-7-27)24-20(29)10-19(12-31-24)35-43(3,39)40/h4-5,10-13,35H,6-9,14-15H2,1-3H3,(H,30,33,34)/t28-/m0/s1. The Kier molecular flexibility index (Phi) is 6.48. The Bertz CT molecular complexity index is 1850. The van der Waals surface area contributed by atoms with Gasteiger partial charge in [0.15, 0.2) is 16.8 Å². The van der Waals surface area contributed by atoms with Crippen molar-refractivity contribution >= 4 is 61.1 Å². The molecule has 4 aromatic rings. The Labute approximate surface area is 256 Å². The van der Waals surface area contributed by atoms with Crippen LogP contribution in [0.2, 0.25) is 0 Å². The Balaban J connectivity index is 1.05. The molecule has 7 rings (SSSR count). The average molecular weight is 641 g/mol. The van der Waals surface area contributed by atoms with Crippen molar-refractivity contribution in [2.75, 3.05) is 40.8 Å².